The van der Waals surface area contributed by atoms with Crippen molar-refractivity contribution in [1.82, 2.24) is 10.1 Å². The van der Waals surface area contributed by atoms with Crippen LogP contribution in [0.1, 0.15) is 39.7 Å². The van der Waals surface area contributed by atoms with Crippen molar-refractivity contribution in [3.05, 3.63) is 119 Å². The van der Waals surface area contributed by atoms with Crippen molar-refractivity contribution in [3.8, 4) is 5.88 Å². The number of benzene rings is 3. The first-order valence-corrected chi connectivity index (χ1v) is 12.7. The van der Waals surface area contributed by atoms with Gasteiger partial charge in [-0.05, 0) is 52.4 Å². The summed E-state index contributed by atoms with van der Waals surface area (Å²) in [5, 5.41) is 14.8. The van der Waals surface area contributed by atoms with Crippen LogP contribution in [0.5, 0.6) is 5.88 Å². The van der Waals surface area contributed by atoms with Crippen molar-refractivity contribution < 1.29 is 27.9 Å². The number of rotatable bonds is 12. The van der Waals surface area contributed by atoms with Gasteiger partial charge in [0, 0.05) is 25.2 Å². The smallest absolute Gasteiger partial charge is 0.293 e. The molecule has 204 valence electrons. The zero-order valence-corrected chi connectivity index (χ0v) is 21.6. The molecule has 1 aromatic heterocycles. The van der Waals surface area contributed by atoms with Gasteiger partial charge in [-0.3, -0.25) is 4.79 Å². The fraction of sp³-hybridized carbons (Fsp3) is 0.267. The lowest BCUT2D eigenvalue weighted by atomic mass is 10.0. The summed E-state index contributed by atoms with van der Waals surface area (Å²) in [5.41, 5.74) is 9.38. The van der Waals surface area contributed by atoms with Gasteiger partial charge in [0.15, 0.2) is 0 Å². The maximum atomic E-state index is 13.6. The Morgan fingerprint density at radius 3 is 2.38 bits per heavy atom. The van der Waals surface area contributed by atoms with E-state index >= 15 is 0 Å². The van der Waals surface area contributed by atoms with Crippen LogP contribution in [0, 0.1) is 11.6 Å². The van der Waals surface area contributed by atoms with E-state index in [0.717, 1.165) is 29.2 Å². The van der Waals surface area contributed by atoms with E-state index in [2.05, 4.69) is 5.16 Å². The Balaban J connectivity index is 1.49. The average Bonchev–Trinajstić information content (AvgIpc) is 3.40. The number of aromatic nitrogens is 1. The number of nitrogens with zero attached hydrogens (tertiary/aromatic N) is 2. The Morgan fingerprint density at radius 2 is 1.67 bits per heavy atom. The van der Waals surface area contributed by atoms with Crippen LogP contribution < -0.4 is 10.5 Å². The molecule has 0 fully saturated rings. The van der Waals surface area contributed by atoms with E-state index in [1.165, 1.54) is 23.1 Å². The highest BCUT2D eigenvalue weighted by Gasteiger charge is 2.26. The summed E-state index contributed by atoms with van der Waals surface area (Å²) in [6.45, 7) is 2.31. The van der Waals surface area contributed by atoms with Crippen LogP contribution in [0.15, 0.2) is 83.4 Å². The molecule has 0 spiro atoms. The topological polar surface area (TPSA) is 102 Å². The largest absolute Gasteiger partial charge is 0.471 e. The van der Waals surface area contributed by atoms with E-state index in [1.54, 1.807) is 0 Å². The van der Waals surface area contributed by atoms with E-state index in [1.807, 2.05) is 61.5 Å². The quantitative estimate of drug-likeness (QED) is 0.274. The van der Waals surface area contributed by atoms with Crippen molar-refractivity contribution in [2.24, 2.45) is 5.73 Å². The molecule has 3 N–H and O–H groups in total. The van der Waals surface area contributed by atoms with Crippen molar-refractivity contribution in [3.63, 3.8) is 0 Å². The summed E-state index contributed by atoms with van der Waals surface area (Å²) in [4.78, 5) is 14.9. The summed E-state index contributed by atoms with van der Waals surface area (Å²) in [7, 11) is 0. The minimum Gasteiger partial charge on any atom is -0.471 e. The monoisotopic (exact) mass is 535 g/mol. The number of hydrogen-bond acceptors (Lipinski definition) is 6. The summed E-state index contributed by atoms with van der Waals surface area (Å²) < 4.78 is 38.2. The normalized spacial score (nSPS) is 12.6. The molecule has 0 saturated carbocycles. The molecule has 0 aliphatic rings. The third kappa shape index (κ3) is 7.95. The number of carbonyl (C=O) groups is 1. The number of ether oxygens (including phenoxy) is 1. The van der Waals surface area contributed by atoms with Gasteiger partial charge in [0.1, 0.15) is 18.2 Å². The molecule has 1 heterocycles. The third-order valence-corrected chi connectivity index (χ3v) is 6.28. The molecule has 0 radical (unpaired) electrons. The summed E-state index contributed by atoms with van der Waals surface area (Å²) >= 11 is 0. The second kappa shape index (κ2) is 13.1. The molecule has 4 rings (SSSR count). The van der Waals surface area contributed by atoms with Crippen molar-refractivity contribution in [2.45, 2.75) is 45.1 Å². The second-order valence-electron chi connectivity index (χ2n) is 9.38. The van der Waals surface area contributed by atoms with Crippen LogP contribution in [0.3, 0.4) is 0 Å². The fourth-order valence-electron chi connectivity index (χ4n) is 4.20. The van der Waals surface area contributed by atoms with Crippen LogP contribution >= 0.6 is 0 Å². The highest BCUT2D eigenvalue weighted by Crippen LogP contribution is 2.19. The standard InChI is InChI=1S/C30H31F2N3O4/c1-2-20-9-6-10-22(11-20)17-35(18-27(36)26(33)14-23-12-24(31)15-25(32)13-23)30(37)28-16-29(34-39-28)38-19-21-7-4-3-5-8-21/h3-13,15-16,26-27,36H,2,14,17-19,33H2,1H3. The number of aliphatic hydroxyl groups is 1. The van der Waals surface area contributed by atoms with Crippen LogP contribution in [0.2, 0.25) is 0 Å². The first kappa shape index (κ1) is 27.9. The Labute approximate surface area is 225 Å². The second-order valence-corrected chi connectivity index (χ2v) is 9.38. The number of aryl methyl sites for hydroxylation is 1. The maximum absolute atomic E-state index is 13.6. The van der Waals surface area contributed by atoms with Gasteiger partial charge >= 0.3 is 0 Å². The molecule has 9 heteroatoms. The minimum atomic E-state index is -1.19. The summed E-state index contributed by atoms with van der Waals surface area (Å²) in [5.74, 6) is -1.87. The first-order chi connectivity index (χ1) is 18.8. The van der Waals surface area contributed by atoms with Crippen LogP contribution in [0.25, 0.3) is 0 Å². The molecule has 2 atom stereocenters. The third-order valence-electron chi connectivity index (χ3n) is 6.28. The molecule has 1 amide bonds. The van der Waals surface area contributed by atoms with E-state index in [-0.39, 0.29) is 37.8 Å². The molecule has 0 bridgehead atoms. The van der Waals surface area contributed by atoms with Gasteiger partial charge in [-0.2, -0.15) is 0 Å². The van der Waals surface area contributed by atoms with E-state index < -0.39 is 29.7 Å². The first-order valence-electron chi connectivity index (χ1n) is 12.7. The van der Waals surface area contributed by atoms with Gasteiger partial charge in [0.05, 0.1) is 12.2 Å². The maximum Gasteiger partial charge on any atom is 0.293 e. The van der Waals surface area contributed by atoms with Crippen molar-refractivity contribution >= 4 is 5.91 Å². The van der Waals surface area contributed by atoms with Gasteiger partial charge < -0.3 is 25.0 Å². The van der Waals surface area contributed by atoms with Crippen molar-refractivity contribution in [2.75, 3.05) is 6.54 Å². The Morgan fingerprint density at radius 1 is 0.974 bits per heavy atom. The molecule has 4 aromatic rings. The zero-order valence-electron chi connectivity index (χ0n) is 21.6. The Bertz CT molecular complexity index is 1360. The lowest BCUT2D eigenvalue weighted by Crippen LogP contribution is -2.46. The number of aliphatic hydroxyl groups excluding tert-OH is 1. The number of hydrogen-bond donors (Lipinski definition) is 2. The average molecular weight is 536 g/mol. The Kier molecular flexibility index (Phi) is 9.40. The number of halogens is 2. The highest BCUT2D eigenvalue weighted by atomic mass is 19.1. The van der Waals surface area contributed by atoms with E-state index in [0.29, 0.717) is 5.56 Å². The molecule has 2 unspecified atom stereocenters. The predicted molar refractivity (Wildman–Crippen MR) is 142 cm³/mol. The fourth-order valence-corrected chi connectivity index (χ4v) is 4.20. The number of nitrogens with two attached hydrogens (primary N) is 1. The van der Waals surface area contributed by atoms with Gasteiger partial charge in [-0.25, -0.2) is 8.78 Å². The number of amides is 1. The van der Waals surface area contributed by atoms with Crippen molar-refractivity contribution in [1.29, 1.82) is 0 Å². The number of carbonyl (C=O) groups excluding carboxylic acids is 1. The lowest BCUT2D eigenvalue weighted by Gasteiger charge is -2.27. The molecule has 0 aliphatic heterocycles. The molecular weight excluding hydrogens is 504 g/mol. The Hall–Kier alpha value is -4.08. The van der Waals surface area contributed by atoms with Crippen LogP contribution in [-0.4, -0.2) is 39.8 Å². The molecule has 0 aliphatic carbocycles. The molecular formula is C30H31F2N3O4. The molecule has 7 nitrogen and oxygen atoms in total. The molecule has 39 heavy (non-hydrogen) atoms. The minimum absolute atomic E-state index is 0.0168. The van der Waals surface area contributed by atoms with E-state index in [9.17, 15) is 18.7 Å². The summed E-state index contributed by atoms with van der Waals surface area (Å²) in [6.07, 6.45) is -0.349. The van der Waals surface area contributed by atoms with E-state index in [4.69, 9.17) is 15.0 Å². The zero-order chi connectivity index (χ0) is 27.8. The summed E-state index contributed by atoms with van der Waals surface area (Å²) in [6, 6.07) is 20.9. The highest BCUT2D eigenvalue weighted by molar-refractivity contribution is 5.91. The molecule has 0 saturated heterocycles. The van der Waals surface area contributed by atoms with Gasteiger partial charge in [0.25, 0.3) is 11.8 Å². The lowest BCUT2D eigenvalue weighted by molar-refractivity contribution is 0.0519. The van der Waals surface area contributed by atoms with Crippen LogP contribution in [-0.2, 0) is 26.0 Å². The van der Waals surface area contributed by atoms with Gasteiger partial charge in [0.2, 0.25) is 5.76 Å². The molecule has 3 aromatic carbocycles. The van der Waals surface area contributed by atoms with Gasteiger partial charge in [-0.1, -0.05) is 61.5 Å². The van der Waals surface area contributed by atoms with Crippen LogP contribution in [0.4, 0.5) is 8.78 Å². The predicted octanol–water partition coefficient (Wildman–Crippen LogP) is 4.67. The van der Waals surface area contributed by atoms with Gasteiger partial charge in [-0.15, -0.1) is 0 Å². The SMILES string of the molecule is CCc1cccc(CN(CC(O)C(N)Cc2cc(F)cc(F)c2)C(=O)c2cc(OCc3ccccc3)no2)c1.